The van der Waals surface area contributed by atoms with E-state index < -0.39 is 15.8 Å². The van der Waals surface area contributed by atoms with Crippen molar-refractivity contribution in [2.75, 3.05) is 45.9 Å². The van der Waals surface area contributed by atoms with Gasteiger partial charge in [-0.1, -0.05) is 18.2 Å². The Balaban J connectivity index is 1.34. The third-order valence-corrected chi connectivity index (χ3v) is 7.35. The Morgan fingerprint density at radius 1 is 0.967 bits per heavy atom. The van der Waals surface area contributed by atoms with Gasteiger partial charge in [0.05, 0.1) is 11.4 Å². The zero-order valence-corrected chi connectivity index (χ0v) is 17.4. The number of carbonyl (C=O) groups excluding carboxylic acids is 1. The summed E-state index contributed by atoms with van der Waals surface area (Å²) in [7, 11) is -3.69. The van der Waals surface area contributed by atoms with E-state index in [1.165, 1.54) is 16.4 Å². The second-order valence-electron chi connectivity index (χ2n) is 7.41. The molecule has 1 saturated heterocycles. The molecule has 2 aliphatic rings. The molecular formula is C21H24FN3O4S. The SMILES string of the molecule is O=C(CN1CCOc2ccccc2C1)N1CCN(S(=O)(=O)c2ccc(F)cc2)CC1. The van der Waals surface area contributed by atoms with Gasteiger partial charge in [0.2, 0.25) is 15.9 Å². The summed E-state index contributed by atoms with van der Waals surface area (Å²) in [6.07, 6.45) is 0. The number of sulfonamides is 1. The summed E-state index contributed by atoms with van der Waals surface area (Å²) in [6.45, 7) is 3.19. The molecule has 160 valence electrons. The largest absolute Gasteiger partial charge is 0.492 e. The van der Waals surface area contributed by atoms with Crippen LogP contribution in [-0.2, 0) is 21.4 Å². The van der Waals surface area contributed by atoms with Crippen LogP contribution in [0, 0.1) is 5.82 Å². The van der Waals surface area contributed by atoms with Gasteiger partial charge in [-0.15, -0.1) is 0 Å². The zero-order chi connectivity index (χ0) is 21.1. The van der Waals surface area contributed by atoms with Crippen molar-refractivity contribution in [1.29, 1.82) is 0 Å². The smallest absolute Gasteiger partial charge is 0.243 e. The number of fused-ring (bicyclic) bond motifs is 1. The van der Waals surface area contributed by atoms with Gasteiger partial charge in [-0.25, -0.2) is 12.8 Å². The lowest BCUT2D eigenvalue weighted by Crippen LogP contribution is -2.52. The van der Waals surface area contributed by atoms with E-state index in [9.17, 15) is 17.6 Å². The lowest BCUT2D eigenvalue weighted by atomic mass is 10.2. The second-order valence-corrected chi connectivity index (χ2v) is 9.34. The van der Waals surface area contributed by atoms with E-state index in [1.54, 1.807) is 4.90 Å². The van der Waals surface area contributed by atoms with Crippen molar-refractivity contribution < 1.29 is 22.3 Å². The number of benzene rings is 2. The molecule has 0 radical (unpaired) electrons. The van der Waals surface area contributed by atoms with E-state index in [4.69, 9.17) is 4.74 Å². The third kappa shape index (κ3) is 4.48. The lowest BCUT2D eigenvalue weighted by Gasteiger charge is -2.35. The minimum atomic E-state index is -3.69. The summed E-state index contributed by atoms with van der Waals surface area (Å²) in [5.41, 5.74) is 1.05. The van der Waals surface area contributed by atoms with Crippen LogP contribution >= 0.6 is 0 Å². The number of ether oxygens (including phenoxy) is 1. The predicted molar refractivity (Wildman–Crippen MR) is 109 cm³/mol. The van der Waals surface area contributed by atoms with E-state index in [2.05, 4.69) is 4.90 Å². The van der Waals surface area contributed by atoms with Crippen molar-refractivity contribution in [1.82, 2.24) is 14.1 Å². The van der Waals surface area contributed by atoms with Gasteiger partial charge >= 0.3 is 0 Å². The minimum absolute atomic E-state index is 0.0202. The van der Waals surface area contributed by atoms with Crippen LogP contribution in [0.4, 0.5) is 4.39 Å². The number of amides is 1. The van der Waals surface area contributed by atoms with Gasteiger partial charge in [0, 0.05) is 44.8 Å². The summed E-state index contributed by atoms with van der Waals surface area (Å²) in [5, 5.41) is 0. The fourth-order valence-corrected chi connectivity index (χ4v) is 5.16. The van der Waals surface area contributed by atoms with Crippen molar-refractivity contribution in [3.8, 4) is 5.75 Å². The maximum Gasteiger partial charge on any atom is 0.243 e. The van der Waals surface area contributed by atoms with Gasteiger partial charge in [-0.3, -0.25) is 9.69 Å². The molecule has 0 saturated carbocycles. The van der Waals surface area contributed by atoms with E-state index >= 15 is 0 Å². The second kappa shape index (κ2) is 8.71. The number of rotatable bonds is 4. The summed E-state index contributed by atoms with van der Waals surface area (Å²) in [6, 6.07) is 12.6. The molecule has 0 N–H and O–H groups in total. The van der Waals surface area contributed by atoms with Crippen LogP contribution < -0.4 is 4.74 Å². The molecule has 7 nitrogen and oxygen atoms in total. The van der Waals surface area contributed by atoms with Crippen LogP contribution in [0.15, 0.2) is 53.4 Å². The molecule has 4 rings (SSSR count). The standard InChI is InChI=1S/C21H24FN3O4S/c22-18-5-7-19(8-6-18)30(27,28)25-11-9-24(10-12-25)21(26)16-23-13-14-29-20-4-2-1-3-17(20)15-23/h1-8H,9-16H2. The predicted octanol–water partition coefficient (Wildman–Crippen LogP) is 1.55. The van der Waals surface area contributed by atoms with Crippen LogP contribution in [-0.4, -0.2) is 74.3 Å². The molecule has 0 bridgehead atoms. The van der Waals surface area contributed by atoms with Crippen LogP contribution in [0.3, 0.4) is 0 Å². The van der Waals surface area contributed by atoms with Crippen LogP contribution in [0.1, 0.15) is 5.56 Å². The summed E-state index contributed by atoms with van der Waals surface area (Å²) in [4.78, 5) is 16.6. The quantitative estimate of drug-likeness (QED) is 0.732. The molecule has 0 spiro atoms. The Labute approximate surface area is 175 Å². The van der Waals surface area contributed by atoms with Crippen molar-refractivity contribution in [3.05, 3.63) is 59.9 Å². The van der Waals surface area contributed by atoms with Gasteiger partial charge in [-0.2, -0.15) is 4.31 Å². The molecule has 1 amide bonds. The van der Waals surface area contributed by atoms with Crippen molar-refractivity contribution in [2.45, 2.75) is 11.4 Å². The van der Waals surface area contributed by atoms with E-state index in [0.717, 1.165) is 23.4 Å². The number of piperazine rings is 1. The van der Waals surface area contributed by atoms with Gasteiger partial charge < -0.3 is 9.64 Å². The normalized spacial score (nSPS) is 18.4. The Kier molecular flexibility index (Phi) is 6.03. The Hall–Kier alpha value is -2.49. The van der Waals surface area contributed by atoms with Gasteiger partial charge in [-0.05, 0) is 30.3 Å². The topological polar surface area (TPSA) is 70.2 Å². The highest BCUT2D eigenvalue weighted by Gasteiger charge is 2.30. The van der Waals surface area contributed by atoms with Gasteiger partial charge in [0.1, 0.15) is 18.2 Å². The van der Waals surface area contributed by atoms with Crippen LogP contribution in [0.2, 0.25) is 0 Å². The average molecular weight is 434 g/mol. The lowest BCUT2D eigenvalue weighted by molar-refractivity contribution is -0.133. The Bertz CT molecular complexity index is 1010. The van der Waals surface area contributed by atoms with E-state index in [-0.39, 0.29) is 30.4 Å². The van der Waals surface area contributed by atoms with Crippen molar-refractivity contribution >= 4 is 15.9 Å². The first kappa shape index (κ1) is 20.8. The number of carbonyl (C=O) groups is 1. The molecule has 30 heavy (non-hydrogen) atoms. The number of hydrogen-bond donors (Lipinski definition) is 0. The van der Waals surface area contributed by atoms with Crippen molar-refractivity contribution in [2.24, 2.45) is 0 Å². The average Bonchev–Trinajstić information content (AvgIpc) is 2.96. The third-order valence-electron chi connectivity index (χ3n) is 5.43. The van der Waals surface area contributed by atoms with Gasteiger partial charge in [0.25, 0.3) is 0 Å². The molecule has 0 aliphatic carbocycles. The van der Waals surface area contributed by atoms with Crippen LogP contribution in [0.25, 0.3) is 0 Å². The number of para-hydroxylation sites is 1. The molecule has 0 aromatic heterocycles. The molecule has 1 fully saturated rings. The molecular weight excluding hydrogens is 409 g/mol. The highest BCUT2D eigenvalue weighted by Crippen LogP contribution is 2.23. The first-order valence-corrected chi connectivity index (χ1v) is 11.3. The number of nitrogens with zero attached hydrogens (tertiary/aromatic N) is 3. The first-order chi connectivity index (χ1) is 14.4. The summed E-state index contributed by atoms with van der Waals surface area (Å²) in [5.74, 6) is 0.353. The minimum Gasteiger partial charge on any atom is -0.492 e. The van der Waals surface area contributed by atoms with E-state index in [1.807, 2.05) is 24.3 Å². The monoisotopic (exact) mass is 433 g/mol. The van der Waals surface area contributed by atoms with Crippen LogP contribution in [0.5, 0.6) is 5.75 Å². The summed E-state index contributed by atoms with van der Waals surface area (Å²) >= 11 is 0. The Morgan fingerprint density at radius 3 is 2.40 bits per heavy atom. The molecule has 2 aromatic carbocycles. The molecule has 0 unspecified atom stereocenters. The van der Waals surface area contributed by atoms with Crippen molar-refractivity contribution in [3.63, 3.8) is 0 Å². The number of halogens is 1. The summed E-state index contributed by atoms with van der Waals surface area (Å²) < 4.78 is 45.6. The Morgan fingerprint density at radius 2 is 1.67 bits per heavy atom. The molecule has 0 atom stereocenters. The molecule has 2 aromatic rings. The molecule has 2 heterocycles. The molecule has 9 heteroatoms. The first-order valence-electron chi connectivity index (χ1n) is 9.90. The zero-order valence-electron chi connectivity index (χ0n) is 16.5. The highest BCUT2D eigenvalue weighted by molar-refractivity contribution is 7.89. The maximum atomic E-state index is 13.1. The molecule has 2 aliphatic heterocycles. The van der Waals surface area contributed by atoms with E-state index in [0.29, 0.717) is 32.8 Å². The fourth-order valence-electron chi connectivity index (χ4n) is 3.74. The van der Waals surface area contributed by atoms with Gasteiger partial charge in [0.15, 0.2) is 0 Å². The fraction of sp³-hybridized carbons (Fsp3) is 0.381. The maximum absolute atomic E-state index is 13.1. The number of hydrogen-bond acceptors (Lipinski definition) is 5. The highest BCUT2D eigenvalue weighted by atomic mass is 32.2.